The van der Waals surface area contributed by atoms with Gasteiger partial charge < -0.3 is 27.5 Å². The normalized spacial score (nSPS) is 13.1. The fourth-order valence-electron chi connectivity index (χ4n) is 2.69. The topological polar surface area (TPSA) is 103 Å². The third-order valence-electron chi connectivity index (χ3n) is 3.34. The minimum absolute atomic E-state index is 0.0778. The number of ether oxygens (including phenoxy) is 1. The lowest BCUT2D eigenvalue weighted by atomic mass is 10.2. The Hall–Kier alpha value is -0.612. The number of hydrogen-bond donors (Lipinski definition) is 2. The summed E-state index contributed by atoms with van der Waals surface area (Å²) in [6, 6.07) is 0.572. The van der Waals surface area contributed by atoms with Gasteiger partial charge in [0.1, 0.15) is 0 Å². The first-order valence-corrected chi connectivity index (χ1v) is 22.9. The molecule has 0 radical (unpaired) electrons. The van der Waals surface area contributed by atoms with Crippen LogP contribution in [0.1, 0.15) is 12.8 Å². The molecule has 0 spiro atoms. The Bertz CT molecular complexity index is 569. The van der Waals surface area contributed by atoms with Gasteiger partial charge in [0.15, 0.2) is 25.0 Å². The molecule has 31 heavy (non-hydrogen) atoms. The molecule has 182 valence electrons. The second-order valence-electron chi connectivity index (χ2n) is 10.4. The lowest BCUT2D eigenvalue weighted by molar-refractivity contribution is -0.140. The molecule has 0 aliphatic carbocycles. The number of carbonyl (C=O) groups is 2. The van der Waals surface area contributed by atoms with Crippen LogP contribution in [0.5, 0.6) is 0 Å². The molecule has 0 unspecified atom stereocenters. The molecule has 2 N–H and O–H groups in total. The Balaban J connectivity index is 5.07. The number of aliphatic hydroxyl groups excluding tert-OH is 1. The highest BCUT2D eigenvalue weighted by molar-refractivity contribution is 6.90. The number of esters is 1. The number of aliphatic hydroxyl groups is 1. The Kier molecular flexibility index (Phi) is 12.3. The van der Waals surface area contributed by atoms with Gasteiger partial charge in [0, 0.05) is 18.2 Å². The molecule has 0 heterocycles. The molecule has 0 rings (SSSR count). The van der Waals surface area contributed by atoms with Crippen LogP contribution in [-0.4, -0.2) is 70.5 Å². The van der Waals surface area contributed by atoms with Crippen molar-refractivity contribution in [3.63, 3.8) is 0 Å². The van der Waals surface area contributed by atoms with Gasteiger partial charge in [-0.05, 0) is 65.3 Å². The summed E-state index contributed by atoms with van der Waals surface area (Å²) in [5.41, 5.74) is 0.0778. The number of amides is 1. The maximum absolute atomic E-state index is 12.2. The molecule has 0 saturated carbocycles. The smallest absolute Gasteiger partial charge is 0.462 e. The summed E-state index contributed by atoms with van der Waals surface area (Å²) < 4.78 is 25.1. The van der Waals surface area contributed by atoms with Crippen molar-refractivity contribution in [1.82, 2.24) is 5.32 Å². The lowest BCUT2D eigenvalue weighted by Crippen LogP contribution is -2.60. The maximum atomic E-state index is 12.2. The molecule has 8 nitrogen and oxygen atoms in total. The van der Waals surface area contributed by atoms with E-state index in [-0.39, 0.29) is 37.7 Å². The van der Waals surface area contributed by atoms with Crippen LogP contribution < -0.4 is 5.32 Å². The number of rotatable bonds is 15. The van der Waals surface area contributed by atoms with Crippen LogP contribution in [-0.2, 0) is 26.7 Å². The molecule has 0 aliphatic heterocycles. The van der Waals surface area contributed by atoms with E-state index in [0.29, 0.717) is 12.5 Å². The van der Waals surface area contributed by atoms with E-state index >= 15 is 0 Å². The van der Waals surface area contributed by atoms with Crippen molar-refractivity contribution < 1.29 is 31.8 Å². The van der Waals surface area contributed by atoms with Gasteiger partial charge in [0.2, 0.25) is 5.91 Å². The fourth-order valence-corrected chi connectivity index (χ4v) is 17.3. The molecule has 0 saturated heterocycles. The molecule has 0 aliphatic rings. The van der Waals surface area contributed by atoms with E-state index in [2.05, 4.69) is 70.8 Å². The molecule has 12 heteroatoms. The zero-order valence-electron chi connectivity index (χ0n) is 20.8. The molecular formula is C19H43NO7Si4. The number of carbonyl (C=O) groups excluding carboxylic acids is 2. The van der Waals surface area contributed by atoms with Crippen LogP contribution in [0.25, 0.3) is 0 Å². The van der Waals surface area contributed by atoms with Crippen LogP contribution in [0.3, 0.4) is 0 Å². The summed E-state index contributed by atoms with van der Waals surface area (Å²) in [6.07, 6.45) is 0.384. The quantitative estimate of drug-likeness (QED) is 0.151. The van der Waals surface area contributed by atoms with Gasteiger partial charge in [-0.2, -0.15) is 0 Å². The van der Waals surface area contributed by atoms with E-state index in [1.54, 1.807) is 0 Å². The van der Waals surface area contributed by atoms with Crippen LogP contribution in [0.15, 0.2) is 12.2 Å². The lowest BCUT2D eigenvalue weighted by Gasteiger charge is -2.42. The molecular weight excluding hydrogens is 467 g/mol. The third kappa shape index (κ3) is 15.8. The molecule has 0 aromatic rings. The highest BCUT2D eigenvalue weighted by Gasteiger charge is 2.49. The second kappa shape index (κ2) is 12.6. The van der Waals surface area contributed by atoms with Gasteiger partial charge in [-0.25, -0.2) is 4.79 Å². The minimum atomic E-state index is -2.96. The van der Waals surface area contributed by atoms with Gasteiger partial charge in [-0.3, -0.25) is 4.79 Å². The Morgan fingerprint density at radius 1 is 0.871 bits per heavy atom. The Morgan fingerprint density at radius 3 is 1.71 bits per heavy atom. The minimum Gasteiger partial charge on any atom is -0.462 e. The zero-order valence-corrected chi connectivity index (χ0v) is 24.8. The molecule has 0 aromatic heterocycles. The van der Waals surface area contributed by atoms with Crippen LogP contribution in [0, 0.1) is 0 Å². The Morgan fingerprint density at radius 2 is 1.32 bits per heavy atom. The monoisotopic (exact) mass is 509 g/mol. The zero-order chi connectivity index (χ0) is 24.5. The highest BCUT2D eigenvalue weighted by atomic mass is 28.5. The third-order valence-corrected chi connectivity index (χ3v) is 15.4. The molecule has 0 fully saturated rings. The van der Waals surface area contributed by atoms with Crippen molar-refractivity contribution in [2.45, 2.75) is 77.8 Å². The van der Waals surface area contributed by atoms with Crippen LogP contribution in [0.4, 0.5) is 0 Å². The van der Waals surface area contributed by atoms with Crippen molar-refractivity contribution >= 4 is 45.6 Å². The summed E-state index contributed by atoms with van der Waals surface area (Å²) in [4.78, 5) is 23.8. The van der Waals surface area contributed by atoms with Crippen molar-refractivity contribution in [2.75, 3.05) is 19.8 Å². The summed E-state index contributed by atoms with van der Waals surface area (Å²) in [5.74, 6) is -0.979. The van der Waals surface area contributed by atoms with Crippen molar-refractivity contribution in [2.24, 2.45) is 0 Å². The molecule has 0 bridgehead atoms. The predicted octanol–water partition coefficient (Wildman–Crippen LogP) is 3.47. The van der Waals surface area contributed by atoms with E-state index in [0.717, 1.165) is 0 Å². The second-order valence-corrected chi connectivity index (χ2v) is 27.4. The van der Waals surface area contributed by atoms with Gasteiger partial charge in [-0.1, -0.05) is 6.58 Å². The van der Waals surface area contributed by atoms with Gasteiger partial charge >= 0.3 is 14.8 Å². The molecule has 0 aromatic carbocycles. The molecule has 0 atom stereocenters. The van der Waals surface area contributed by atoms with Gasteiger partial charge in [0.25, 0.3) is 0 Å². The highest BCUT2D eigenvalue weighted by Crippen LogP contribution is 2.29. The first-order valence-electron chi connectivity index (χ1n) is 10.7. The average Bonchev–Trinajstić information content (AvgIpc) is 2.51. The van der Waals surface area contributed by atoms with E-state index in [4.69, 9.17) is 22.2 Å². The Labute approximate surface area is 192 Å². The first kappa shape index (κ1) is 30.4. The predicted molar refractivity (Wildman–Crippen MR) is 133 cm³/mol. The summed E-state index contributed by atoms with van der Waals surface area (Å²) in [6.45, 7) is 22.9. The fraction of sp³-hybridized carbons (Fsp3) is 0.789. The summed E-state index contributed by atoms with van der Waals surface area (Å²) in [7, 11) is -8.81. The number of nitrogens with one attached hydrogen (secondary N) is 1. The van der Waals surface area contributed by atoms with E-state index < -0.39 is 39.7 Å². The van der Waals surface area contributed by atoms with Crippen LogP contribution in [0.2, 0.25) is 65.0 Å². The first-order chi connectivity index (χ1) is 13.9. The summed E-state index contributed by atoms with van der Waals surface area (Å²) in [5, 5.41) is 11.2. The van der Waals surface area contributed by atoms with Crippen molar-refractivity contribution in [1.29, 1.82) is 0 Å². The summed E-state index contributed by atoms with van der Waals surface area (Å²) >= 11 is 0. The SMILES string of the molecule is C=C(CC(=O)NCCO)C(=O)OCCC[Si](O[Si](C)(C)C)(O[Si](C)(C)C)O[Si](C)(C)C. The maximum Gasteiger partial charge on any atom is 0.469 e. The molecule has 1 amide bonds. The van der Waals surface area contributed by atoms with Gasteiger partial charge in [-0.15, -0.1) is 0 Å². The van der Waals surface area contributed by atoms with Crippen LogP contribution >= 0.6 is 0 Å². The van der Waals surface area contributed by atoms with E-state index in [9.17, 15) is 9.59 Å². The largest absolute Gasteiger partial charge is 0.469 e. The van der Waals surface area contributed by atoms with Gasteiger partial charge in [0.05, 0.1) is 19.6 Å². The van der Waals surface area contributed by atoms with Crippen molar-refractivity contribution in [3.05, 3.63) is 12.2 Å². The standard InChI is InChI=1S/C19H43NO7Si4/c1-17(16-18(22)20-12-13-21)19(23)24-14-11-15-31(25-28(2,3)4,26-29(5,6)7)27-30(8,9)10/h21H,1,11-16H2,2-10H3,(H,20,22). The van der Waals surface area contributed by atoms with Crippen molar-refractivity contribution in [3.8, 4) is 0 Å². The average molecular weight is 510 g/mol. The number of hydrogen-bond acceptors (Lipinski definition) is 7. The van der Waals surface area contributed by atoms with E-state index in [1.165, 1.54) is 0 Å². The van der Waals surface area contributed by atoms with E-state index in [1.807, 2.05) is 0 Å².